The van der Waals surface area contributed by atoms with Gasteiger partial charge in [-0.15, -0.1) is 0 Å². The first-order valence-electron chi connectivity index (χ1n) is 8.28. The highest BCUT2D eigenvalue weighted by Crippen LogP contribution is 2.34. The van der Waals surface area contributed by atoms with Gasteiger partial charge in [-0.3, -0.25) is 0 Å². The molecule has 0 aliphatic heterocycles. The molecule has 1 aliphatic carbocycles. The first kappa shape index (κ1) is 18.6. The second kappa shape index (κ2) is 7.21. The lowest BCUT2D eigenvalue weighted by Crippen LogP contribution is -2.24. The molecule has 0 saturated heterocycles. The van der Waals surface area contributed by atoms with E-state index in [1.807, 2.05) is 12.1 Å². The van der Waals surface area contributed by atoms with E-state index in [2.05, 4.69) is 10.6 Å². The minimum absolute atomic E-state index is 0.0606. The summed E-state index contributed by atoms with van der Waals surface area (Å²) in [6.45, 7) is 0.750. The smallest absolute Gasteiger partial charge is 0.323 e. The molecule has 1 unspecified atom stereocenters. The lowest BCUT2D eigenvalue weighted by molar-refractivity contribution is 0.0176. The standard InChI is InChI=1S/C19H19ClF2N2O2/c1-19(21,22)15-9-12(6-8-16(15)20)23-18(26)24-17-4-2-3-11-5-7-13(25)10-14(11)17/h2-4,6,8-9,13,25H,5,7,10H2,1H3,(H2,23,24,26). The van der Waals surface area contributed by atoms with Crippen molar-refractivity contribution in [2.24, 2.45) is 0 Å². The first-order chi connectivity index (χ1) is 12.2. The predicted molar refractivity (Wildman–Crippen MR) is 98.1 cm³/mol. The van der Waals surface area contributed by atoms with Crippen LogP contribution in [0.1, 0.15) is 30.0 Å². The highest BCUT2D eigenvalue weighted by Gasteiger charge is 2.27. The van der Waals surface area contributed by atoms with E-state index in [0.29, 0.717) is 18.5 Å². The number of urea groups is 1. The molecule has 0 spiro atoms. The molecule has 1 aliphatic rings. The van der Waals surface area contributed by atoms with E-state index in [1.54, 1.807) is 6.07 Å². The van der Waals surface area contributed by atoms with Gasteiger partial charge in [0.1, 0.15) is 0 Å². The highest BCUT2D eigenvalue weighted by atomic mass is 35.5. The van der Waals surface area contributed by atoms with Crippen LogP contribution in [0.25, 0.3) is 0 Å². The molecular formula is C19H19ClF2N2O2. The molecule has 1 atom stereocenters. The van der Waals surface area contributed by atoms with E-state index in [0.717, 1.165) is 30.5 Å². The number of carbonyl (C=O) groups excluding carboxylic acids is 1. The van der Waals surface area contributed by atoms with Gasteiger partial charge in [-0.1, -0.05) is 23.7 Å². The summed E-state index contributed by atoms with van der Waals surface area (Å²) in [6, 6.07) is 8.96. The van der Waals surface area contributed by atoms with E-state index in [4.69, 9.17) is 11.6 Å². The van der Waals surface area contributed by atoms with Gasteiger partial charge < -0.3 is 15.7 Å². The van der Waals surface area contributed by atoms with Crippen molar-refractivity contribution >= 4 is 29.0 Å². The summed E-state index contributed by atoms with van der Waals surface area (Å²) in [4.78, 5) is 12.3. The van der Waals surface area contributed by atoms with Crippen molar-refractivity contribution < 1.29 is 18.7 Å². The molecule has 0 radical (unpaired) electrons. The van der Waals surface area contributed by atoms with Crippen LogP contribution in [0.4, 0.5) is 25.0 Å². The minimum Gasteiger partial charge on any atom is -0.393 e. The van der Waals surface area contributed by atoms with E-state index in [-0.39, 0.29) is 16.3 Å². The fraction of sp³-hybridized carbons (Fsp3) is 0.316. The maximum Gasteiger partial charge on any atom is 0.323 e. The molecule has 0 aromatic heterocycles. The number of halogens is 3. The number of aryl methyl sites for hydroxylation is 1. The molecule has 26 heavy (non-hydrogen) atoms. The van der Waals surface area contributed by atoms with Crippen LogP contribution in [0.5, 0.6) is 0 Å². The molecule has 0 fully saturated rings. The van der Waals surface area contributed by atoms with Crippen molar-refractivity contribution in [3.8, 4) is 0 Å². The lowest BCUT2D eigenvalue weighted by atomic mass is 9.88. The van der Waals surface area contributed by atoms with E-state index >= 15 is 0 Å². The molecule has 2 aromatic carbocycles. The molecule has 0 heterocycles. The number of rotatable bonds is 3. The van der Waals surface area contributed by atoms with E-state index in [9.17, 15) is 18.7 Å². The van der Waals surface area contributed by atoms with Crippen molar-refractivity contribution in [2.75, 3.05) is 10.6 Å². The number of alkyl halides is 2. The summed E-state index contributed by atoms with van der Waals surface area (Å²) < 4.78 is 27.1. The highest BCUT2D eigenvalue weighted by molar-refractivity contribution is 6.31. The molecule has 2 amide bonds. The van der Waals surface area contributed by atoms with Crippen LogP contribution >= 0.6 is 11.6 Å². The van der Waals surface area contributed by atoms with Crippen molar-refractivity contribution in [1.29, 1.82) is 0 Å². The van der Waals surface area contributed by atoms with Gasteiger partial charge >= 0.3 is 6.03 Å². The number of fused-ring (bicyclic) bond motifs is 1. The van der Waals surface area contributed by atoms with Crippen molar-refractivity contribution in [3.63, 3.8) is 0 Å². The second-order valence-electron chi connectivity index (χ2n) is 6.50. The lowest BCUT2D eigenvalue weighted by Gasteiger charge is -2.23. The Kier molecular flexibility index (Phi) is 5.16. The summed E-state index contributed by atoms with van der Waals surface area (Å²) in [5, 5.41) is 15.1. The van der Waals surface area contributed by atoms with Gasteiger partial charge in [0, 0.05) is 35.3 Å². The normalized spacial score (nSPS) is 16.7. The van der Waals surface area contributed by atoms with Gasteiger partial charge in [-0.2, -0.15) is 0 Å². The van der Waals surface area contributed by atoms with Crippen LogP contribution in [-0.2, 0) is 18.8 Å². The van der Waals surface area contributed by atoms with Gasteiger partial charge in [0.2, 0.25) is 0 Å². The number of nitrogens with one attached hydrogen (secondary N) is 2. The van der Waals surface area contributed by atoms with Gasteiger partial charge in [0.05, 0.1) is 6.10 Å². The number of carbonyl (C=O) groups is 1. The number of hydrogen-bond donors (Lipinski definition) is 3. The Morgan fingerprint density at radius 2 is 2.04 bits per heavy atom. The van der Waals surface area contributed by atoms with Crippen LogP contribution in [-0.4, -0.2) is 17.2 Å². The van der Waals surface area contributed by atoms with Gasteiger partial charge in [0.15, 0.2) is 0 Å². The average Bonchev–Trinajstić information content (AvgIpc) is 2.56. The number of benzene rings is 2. The Morgan fingerprint density at radius 1 is 1.27 bits per heavy atom. The summed E-state index contributed by atoms with van der Waals surface area (Å²) in [5.41, 5.74) is 2.46. The summed E-state index contributed by atoms with van der Waals surface area (Å²) in [6.07, 6.45) is 1.49. The predicted octanol–water partition coefficient (Wildman–Crippen LogP) is 4.95. The van der Waals surface area contributed by atoms with Crippen molar-refractivity contribution in [3.05, 3.63) is 58.1 Å². The van der Waals surface area contributed by atoms with Crippen LogP contribution in [0.15, 0.2) is 36.4 Å². The SMILES string of the molecule is CC(F)(F)c1cc(NC(=O)Nc2cccc3c2CC(O)CC3)ccc1Cl. The Balaban J connectivity index is 1.77. The Labute approximate surface area is 155 Å². The van der Waals surface area contributed by atoms with E-state index < -0.39 is 18.1 Å². The van der Waals surface area contributed by atoms with Gasteiger partial charge in [-0.25, -0.2) is 13.6 Å². The number of aliphatic hydroxyl groups is 1. The summed E-state index contributed by atoms with van der Waals surface area (Å²) in [7, 11) is 0. The minimum atomic E-state index is -3.11. The summed E-state index contributed by atoms with van der Waals surface area (Å²) >= 11 is 5.81. The quantitative estimate of drug-likeness (QED) is 0.705. The fourth-order valence-electron chi connectivity index (χ4n) is 3.11. The molecule has 7 heteroatoms. The average molecular weight is 381 g/mol. The van der Waals surface area contributed by atoms with Gasteiger partial charge in [-0.05, 0) is 48.2 Å². The largest absolute Gasteiger partial charge is 0.393 e. The zero-order valence-electron chi connectivity index (χ0n) is 14.2. The molecule has 3 N–H and O–H groups in total. The molecule has 0 saturated carbocycles. The Hall–Kier alpha value is -2.18. The monoisotopic (exact) mass is 380 g/mol. The number of amides is 2. The van der Waals surface area contributed by atoms with Crippen LogP contribution < -0.4 is 10.6 Å². The first-order valence-corrected chi connectivity index (χ1v) is 8.66. The topological polar surface area (TPSA) is 61.4 Å². The van der Waals surface area contributed by atoms with Crippen molar-refractivity contribution in [1.82, 2.24) is 0 Å². The second-order valence-corrected chi connectivity index (χ2v) is 6.91. The zero-order chi connectivity index (χ0) is 18.9. The fourth-order valence-corrected chi connectivity index (χ4v) is 3.39. The third-order valence-corrected chi connectivity index (χ3v) is 4.73. The Bertz CT molecular complexity index is 837. The third kappa shape index (κ3) is 4.14. The molecule has 4 nitrogen and oxygen atoms in total. The number of aliphatic hydroxyl groups excluding tert-OH is 1. The Morgan fingerprint density at radius 3 is 2.77 bits per heavy atom. The number of anilines is 2. The third-order valence-electron chi connectivity index (χ3n) is 4.41. The van der Waals surface area contributed by atoms with E-state index in [1.165, 1.54) is 12.1 Å². The maximum absolute atomic E-state index is 13.6. The molecule has 2 aromatic rings. The molecule has 0 bridgehead atoms. The number of hydrogen-bond acceptors (Lipinski definition) is 2. The zero-order valence-corrected chi connectivity index (χ0v) is 14.9. The molecule has 138 valence electrons. The maximum atomic E-state index is 13.6. The summed E-state index contributed by atoms with van der Waals surface area (Å²) in [5.74, 6) is -3.11. The van der Waals surface area contributed by atoms with Gasteiger partial charge in [0.25, 0.3) is 5.92 Å². The van der Waals surface area contributed by atoms with Crippen LogP contribution in [0, 0.1) is 0 Å². The van der Waals surface area contributed by atoms with Crippen molar-refractivity contribution in [2.45, 2.75) is 38.2 Å². The van der Waals surface area contributed by atoms with Crippen LogP contribution in [0.3, 0.4) is 0 Å². The molecular weight excluding hydrogens is 362 g/mol. The van der Waals surface area contributed by atoms with Crippen LogP contribution in [0.2, 0.25) is 5.02 Å². The molecule has 3 rings (SSSR count).